The number of amides is 2. The Kier molecular flexibility index (Phi) is 4.76. The van der Waals surface area contributed by atoms with E-state index >= 15 is 0 Å². The molecule has 1 aromatic carbocycles. The van der Waals surface area contributed by atoms with Crippen LogP contribution in [0.25, 0.3) is 5.69 Å². The van der Waals surface area contributed by atoms with E-state index < -0.39 is 11.8 Å². The second-order valence-electron chi connectivity index (χ2n) is 10.6. The van der Waals surface area contributed by atoms with Gasteiger partial charge in [0.2, 0.25) is 0 Å². The first-order valence-corrected chi connectivity index (χ1v) is 12.2. The second-order valence-corrected chi connectivity index (χ2v) is 11.0. The van der Waals surface area contributed by atoms with Gasteiger partial charge < -0.3 is 9.64 Å². The highest BCUT2D eigenvalue weighted by atomic mass is 35.5. The number of carbonyl (C=O) groups is 2. The predicted octanol–water partition coefficient (Wildman–Crippen LogP) is 3.99. The van der Waals surface area contributed by atoms with Crippen LogP contribution in [0.5, 0.6) is 0 Å². The summed E-state index contributed by atoms with van der Waals surface area (Å²) in [6.45, 7) is 5.53. The van der Waals surface area contributed by atoms with E-state index in [-0.39, 0.29) is 29.9 Å². The number of rotatable bonds is 3. The molecule has 2 aromatic rings. The molecule has 1 aromatic heterocycles. The molecule has 2 saturated carbocycles. The Morgan fingerprint density at radius 3 is 2.56 bits per heavy atom. The number of aromatic nitrogens is 3. The zero-order valence-corrected chi connectivity index (χ0v) is 20.0. The number of nitrogens with zero attached hydrogens (tertiary/aromatic N) is 5. The lowest BCUT2D eigenvalue weighted by molar-refractivity contribution is -0.158. The zero-order chi connectivity index (χ0) is 23.8. The van der Waals surface area contributed by atoms with Gasteiger partial charge in [-0.3, -0.25) is 14.3 Å². The number of fused-ring (bicyclic) bond motifs is 3. The molecule has 1 spiro atoms. The monoisotopic (exact) mass is 487 g/mol. The van der Waals surface area contributed by atoms with Crippen LogP contribution >= 0.6 is 11.6 Å². The van der Waals surface area contributed by atoms with Crippen LogP contribution in [0.4, 0.5) is 9.18 Å². The molecule has 0 bridgehead atoms. The lowest BCUT2D eigenvalue weighted by Crippen LogP contribution is -2.64. The van der Waals surface area contributed by atoms with Gasteiger partial charge in [-0.2, -0.15) is 0 Å². The van der Waals surface area contributed by atoms with E-state index in [1.807, 2.05) is 36.6 Å². The Labute approximate surface area is 202 Å². The van der Waals surface area contributed by atoms with Crippen LogP contribution in [0.15, 0.2) is 18.2 Å². The van der Waals surface area contributed by atoms with Crippen LogP contribution in [0.3, 0.4) is 0 Å². The van der Waals surface area contributed by atoms with Crippen molar-refractivity contribution >= 4 is 23.6 Å². The Morgan fingerprint density at radius 2 is 1.88 bits per heavy atom. The average molecular weight is 488 g/mol. The minimum absolute atomic E-state index is 0.0542. The molecule has 1 saturated heterocycles. The van der Waals surface area contributed by atoms with Gasteiger partial charge in [-0.25, -0.2) is 9.18 Å². The van der Waals surface area contributed by atoms with Crippen molar-refractivity contribution in [1.82, 2.24) is 24.6 Å². The van der Waals surface area contributed by atoms with E-state index in [2.05, 4.69) is 10.2 Å². The summed E-state index contributed by atoms with van der Waals surface area (Å²) in [5, 5.41) is 9.56. The van der Waals surface area contributed by atoms with Gasteiger partial charge in [-0.15, -0.1) is 10.2 Å². The molecule has 0 radical (unpaired) electrons. The van der Waals surface area contributed by atoms with Crippen LogP contribution < -0.4 is 0 Å². The zero-order valence-electron chi connectivity index (χ0n) is 19.3. The molecule has 8 nitrogen and oxygen atoms in total. The van der Waals surface area contributed by atoms with Crippen molar-refractivity contribution in [3.63, 3.8) is 0 Å². The van der Waals surface area contributed by atoms with Crippen molar-refractivity contribution in [2.24, 2.45) is 5.41 Å². The summed E-state index contributed by atoms with van der Waals surface area (Å²) >= 11 is 6.29. The standard InChI is InChI=1S/C24H27ClFN5O3/c1-14(2)34-22(33)29-10-15-7-17(25)3-4-18(15)31-19(11-29)27-28-20(31)16-8-23(9-16)12-30(13-23)21(32)24(26)5-6-24/h3-4,7,14,16H,5-6,8-13H2,1-2H3. The summed E-state index contributed by atoms with van der Waals surface area (Å²) in [5.41, 5.74) is 0.278. The van der Waals surface area contributed by atoms with Gasteiger partial charge in [0, 0.05) is 29.4 Å². The number of hydrogen-bond acceptors (Lipinski definition) is 5. The normalized spacial score (nSPS) is 21.9. The third-order valence-electron chi connectivity index (χ3n) is 7.46. The summed E-state index contributed by atoms with van der Waals surface area (Å²) in [6, 6.07) is 5.64. The number of benzene rings is 1. The summed E-state index contributed by atoms with van der Waals surface area (Å²) in [7, 11) is 0. The Morgan fingerprint density at radius 1 is 1.15 bits per heavy atom. The molecule has 180 valence electrons. The lowest BCUT2D eigenvalue weighted by Gasteiger charge is -2.59. The van der Waals surface area contributed by atoms with Gasteiger partial charge in [-0.1, -0.05) is 11.6 Å². The first kappa shape index (κ1) is 21.8. The molecule has 6 rings (SSSR count). The molecule has 0 unspecified atom stereocenters. The summed E-state index contributed by atoms with van der Waals surface area (Å²) in [4.78, 5) is 28.3. The third kappa shape index (κ3) is 3.47. The van der Waals surface area contributed by atoms with Crippen LogP contribution in [-0.4, -0.2) is 61.4 Å². The molecule has 34 heavy (non-hydrogen) atoms. The summed E-state index contributed by atoms with van der Waals surface area (Å²) in [6.07, 6.45) is 1.86. The van der Waals surface area contributed by atoms with E-state index in [0.717, 1.165) is 29.9 Å². The van der Waals surface area contributed by atoms with E-state index in [1.165, 1.54) is 0 Å². The summed E-state index contributed by atoms with van der Waals surface area (Å²) in [5.74, 6) is 1.39. The Balaban J connectivity index is 1.24. The van der Waals surface area contributed by atoms with Crippen molar-refractivity contribution < 1.29 is 18.7 Å². The fourth-order valence-corrected chi connectivity index (χ4v) is 5.83. The average Bonchev–Trinajstić information content (AvgIpc) is 3.38. The van der Waals surface area contributed by atoms with Gasteiger partial charge in [-0.05, 0) is 63.3 Å². The molecule has 0 atom stereocenters. The molecular weight excluding hydrogens is 461 g/mol. The van der Waals surface area contributed by atoms with Crippen LogP contribution in [-0.2, 0) is 22.6 Å². The maximum absolute atomic E-state index is 14.1. The van der Waals surface area contributed by atoms with Crippen LogP contribution in [0.1, 0.15) is 62.7 Å². The minimum Gasteiger partial charge on any atom is -0.447 e. The molecule has 10 heteroatoms. The van der Waals surface area contributed by atoms with Gasteiger partial charge in [0.15, 0.2) is 11.5 Å². The number of likely N-dealkylation sites (tertiary alicyclic amines) is 1. The molecule has 3 fully saturated rings. The molecule has 2 amide bonds. The number of carbonyl (C=O) groups excluding carboxylic acids is 2. The quantitative estimate of drug-likeness (QED) is 0.654. The molecule has 3 heterocycles. The van der Waals surface area contributed by atoms with E-state index in [0.29, 0.717) is 43.3 Å². The maximum Gasteiger partial charge on any atom is 0.410 e. The highest BCUT2D eigenvalue weighted by Gasteiger charge is 2.60. The van der Waals surface area contributed by atoms with Gasteiger partial charge in [0.05, 0.1) is 24.9 Å². The molecular formula is C24H27ClFN5O3. The second kappa shape index (κ2) is 7.41. The maximum atomic E-state index is 14.1. The smallest absolute Gasteiger partial charge is 0.410 e. The van der Waals surface area contributed by atoms with Crippen molar-refractivity contribution in [2.45, 2.75) is 70.3 Å². The number of hydrogen-bond donors (Lipinski definition) is 0. The van der Waals surface area contributed by atoms with Gasteiger partial charge in [0.1, 0.15) is 5.82 Å². The van der Waals surface area contributed by atoms with Gasteiger partial charge >= 0.3 is 6.09 Å². The Hall–Kier alpha value is -2.68. The molecule has 4 aliphatic rings. The van der Waals surface area contributed by atoms with Crippen LogP contribution in [0, 0.1) is 5.41 Å². The first-order chi connectivity index (χ1) is 16.2. The van der Waals surface area contributed by atoms with Crippen molar-refractivity contribution in [2.75, 3.05) is 13.1 Å². The van der Waals surface area contributed by atoms with Crippen molar-refractivity contribution in [3.8, 4) is 5.69 Å². The number of halogens is 2. The van der Waals surface area contributed by atoms with E-state index in [4.69, 9.17) is 16.3 Å². The predicted molar refractivity (Wildman–Crippen MR) is 121 cm³/mol. The first-order valence-electron chi connectivity index (χ1n) is 11.8. The van der Waals surface area contributed by atoms with Crippen molar-refractivity contribution in [3.05, 3.63) is 40.4 Å². The molecule has 2 aliphatic carbocycles. The Bertz CT molecular complexity index is 1180. The topological polar surface area (TPSA) is 80.6 Å². The number of ether oxygens (including phenoxy) is 1. The van der Waals surface area contributed by atoms with E-state index in [9.17, 15) is 14.0 Å². The third-order valence-corrected chi connectivity index (χ3v) is 7.70. The number of alkyl halides is 1. The van der Waals surface area contributed by atoms with Crippen LogP contribution in [0.2, 0.25) is 5.02 Å². The highest BCUT2D eigenvalue weighted by Crippen LogP contribution is 2.57. The van der Waals surface area contributed by atoms with Gasteiger partial charge in [0.25, 0.3) is 5.91 Å². The largest absolute Gasteiger partial charge is 0.447 e. The minimum atomic E-state index is -1.59. The fraction of sp³-hybridized carbons (Fsp3) is 0.583. The summed E-state index contributed by atoms with van der Waals surface area (Å²) < 4.78 is 21.6. The molecule has 2 aliphatic heterocycles. The fourth-order valence-electron chi connectivity index (χ4n) is 5.64. The lowest BCUT2D eigenvalue weighted by atomic mass is 9.57. The molecule has 0 N–H and O–H groups in total. The van der Waals surface area contributed by atoms with Crippen molar-refractivity contribution in [1.29, 1.82) is 0 Å². The highest BCUT2D eigenvalue weighted by molar-refractivity contribution is 6.30. The SMILES string of the molecule is CC(C)OC(=O)N1Cc2cc(Cl)ccc2-n2c(nnc2C2CC3(C2)CN(C(=O)C2(F)CC2)C3)C1. The van der Waals surface area contributed by atoms with E-state index in [1.54, 1.807) is 9.80 Å².